The fourth-order valence-electron chi connectivity index (χ4n) is 2.24. The molecule has 17 heavy (non-hydrogen) atoms. The molecule has 0 saturated carbocycles. The molecule has 1 aromatic carbocycles. The Morgan fingerprint density at radius 1 is 1.59 bits per heavy atom. The van der Waals surface area contributed by atoms with Gasteiger partial charge in [-0.25, -0.2) is 4.39 Å². The van der Waals surface area contributed by atoms with Gasteiger partial charge in [0.2, 0.25) is 0 Å². The third-order valence-corrected chi connectivity index (χ3v) is 3.76. The molecule has 2 rings (SSSR count). The molecule has 0 amide bonds. The Labute approximate surface area is 109 Å². The molecule has 0 aromatic heterocycles. The van der Waals surface area contributed by atoms with Gasteiger partial charge in [-0.3, -0.25) is 0 Å². The number of aliphatic hydroxyl groups excluding tert-OH is 1. The molecule has 4 heteroatoms. The summed E-state index contributed by atoms with van der Waals surface area (Å²) in [6.45, 7) is 2.74. The van der Waals surface area contributed by atoms with Gasteiger partial charge in [-0.15, -0.1) is 0 Å². The summed E-state index contributed by atoms with van der Waals surface area (Å²) in [6.07, 6.45) is 0.458. The van der Waals surface area contributed by atoms with Gasteiger partial charge in [0.15, 0.2) is 0 Å². The second-order valence-corrected chi connectivity index (χ2v) is 5.52. The summed E-state index contributed by atoms with van der Waals surface area (Å²) in [5.74, 6) is 0.0487. The molecule has 1 fully saturated rings. The highest BCUT2D eigenvalue weighted by Gasteiger charge is 2.31. The van der Waals surface area contributed by atoms with Crippen LogP contribution in [0.1, 0.15) is 18.9 Å². The zero-order valence-corrected chi connectivity index (χ0v) is 11.3. The van der Waals surface area contributed by atoms with Gasteiger partial charge < -0.3 is 9.84 Å². The van der Waals surface area contributed by atoms with E-state index in [2.05, 4.69) is 22.9 Å². The molecule has 0 aliphatic carbocycles. The van der Waals surface area contributed by atoms with E-state index in [0.29, 0.717) is 29.0 Å². The molecule has 1 saturated heterocycles. The van der Waals surface area contributed by atoms with Crippen LogP contribution in [0.2, 0.25) is 0 Å². The molecular formula is C13H16BrFO2. The predicted molar refractivity (Wildman–Crippen MR) is 67.3 cm³/mol. The number of rotatable bonds is 3. The molecule has 0 radical (unpaired) electrons. The Bertz CT molecular complexity index is 397. The number of benzene rings is 1. The fraction of sp³-hybridized carbons (Fsp3) is 0.538. The smallest absolute Gasteiger partial charge is 0.127 e. The van der Waals surface area contributed by atoms with Crippen molar-refractivity contribution in [2.75, 3.05) is 6.61 Å². The average Bonchev–Trinajstić information content (AvgIpc) is 2.68. The number of ether oxygens (including phenoxy) is 1. The lowest BCUT2D eigenvalue weighted by molar-refractivity contribution is -0.0160. The van der Waals surface area contributed by atoms with E-state index in [1.807, 2.05) is 0 Å². The van der Waals surface area contributed by atoms with Crippen molar-refractivity contribution < 1.29 is 14.2 Å². The first-order valence-corrected chi connectivity index (χ1v) is 6.61. The highest BCUT2D eigenvalue weighted by atomic mass is 79.9. The fourth-order valence-corrected chi connectivity index (χ4v) is 2.57. The van der Waals surface area contributed by atoms with Crippen LogP contribution in [-0.4, -0.2) is 23.9 Å². The van der Waals surface area contributed by atoms with Crippen LogP contribution in [0.3, 0.4) is 0 Å². The summed E-state index contributed by atoms with van der Waals surface area (Å²) in [5, 5.41) is 10.1. The zero-order chi connectivity index (χ0) is 12.4. The number of aliphatic hydroxyl groups is 1. The maximum absolute atomic E-state index is 13.6. The lowest BCUT2D eigenvalue weighted by Crippen LogP contribution is -2.32. The van der Waals surface area contributed by atoms with Crippen molar-refractivity contribution in [1.29, 1.82) is 0 Å². The summed E-state index contributed by atoms with van der Waals surface area (Å²) in [6, 6.07) is 4.90. The molecule has 1 aliphatic rings. The largest absolute Gasteiger partial charge is 0.390 e. The molecule has 3 atom stereocenters. The second-order valence-electron chi connectivity index (χ2n) is 4.61. The highest BCUT2D eigenvalue weighted by molar-refractivity contribution is 9.10. The molecule has 2 nitrogen and oxygen atoms in total. The standard InChI is InChI=1S/C13H16BrFO2/c1-8-4-5-17-13(8)12(16)6-9-2-3-10(14)7-11(9)15/h2-3,7-8,12-13,16H,4-6H2,1H3. The molecule has 0 bridgehead atoms. The van der Waals surface area contributed by atoms with Crippen molar-refractivity contribution in [3.8, 4) is 0 Å². The maximum atomic E-state index is 13.6. The first-order valence-electron chi connectivity index (χ1n) is 5.81. The number of hydrogen-bond acceptors (Lipinski definition) is 2. The van der Waals surface area contributed by atoms with E-state index in [1.165, 1.54) is 6.07 Å². The van der Waals surface area contributed by atoms with Crippen LogP contribution in [0.4, 0.5) is 4.39 Å². The van der Waals surface area contributed by atoms with Crippen LogP contribution in [0, 0.1) is 11.7 Å². The van der Waals surface area contributed by atoms with Gasteiger partial charge in [0.25, 0.3) is 0 Å². The molecular weight excluding hydrogens is 287 g/mol. The first-order chi connectivity index (χ1) is 8.08. The SMILES string of the molecule is CC1CCOC1C(O)Cc1ccc(Br)cc1F. The summed E-state index contributed by atoms with van der Waals surface area (Å²) < 4.78 is 19.8. The minimum absolute atomic E-state index is 0.168. The lowest BCUT2D eigenvalue weighted by Gasteiger charge is -2.21. The van der Waals surface area contributed by atoms with E-state index in [-0.39, 0.29) is 11.9 Å². The lowest BCUT2D eigenvalue weighted by atomic mass is 9.95. The minimum Gasteiger partial charge on any atom is -0.390 e. The summed E-state index contributed by atoms with van der Waals surface area (Å²) in [5.41, 5.74) is 0.531. The van der Waals surface area contributed by atoms with Gasteiger partial charge in [0.05, 0.1) is 12.2 Å². The minimum atomic E-state index is -0.636. The van der Waals surface area contributed by atoms with E-state index >= 15 is 0 Å². The van der Waals surface area contributed by atoms with Crippen LogP contribution in [0.5, 0.6) is 0 Å². The van der Waals surface area contributed by atoms with Gasteiger partial charge in [-0.05, 0) is 30.0 Å². The van der Waals surface area contributed by atoms with Crippen molar-refractivity contribution in [1.82, 2.24) is 0 Å². The number of halogens is 2. The van der Waals surface area contributed by atoms with E-state index in [1.54, 1.807) is 12.1 Å². The van der Waals surface area contributed by atoms with Gasteiger partial charge in [0.1, 0.15) is 5.82 Å². The van der Waals surface area contributed by atoms with E-state index in [9.17, 15) is 9.50 Å². The molecule has 1 aromatic rings. The predicted octanol–water partition coefficient (Wildman–Crippen LogP) is 2.92. The normalized spacial score (nSPS) is 26.1. The molecule has 1 aliphatic heterocycles. The Balaban J connectivity index is 2.04. The number of hydrogen-bond donors (Lipinski definition) is 1. The first kappa shape index (κ1) is 13.0. The van der Waals surface area contributed by atoms with Crippen molar-refractivity contribution in [2.24, 2.45) is 5.92 Å². The van der Waals surface area contributed by atoms with Crippen molar-refractivity contribution in [2.45, 2.75) is 32.0 Å². The van der Waals surface area contributed by atoms with Gasteiger partial charge >= 0.3 is 0 Å². The van der Waals surface area contributed by atoms with Crippen LogP contribution in [0.15, 0.2) is 22.7 Å². The molecule has 0 spiro atoms. The van der Waals surface area contributed by atoms with Crippen LogP contribution in [-0.2, 0) is 11.2 Å². The summed E-state index contributed by atoms with van der Waals surface area (Å²) in [7, 11) is 0. The van der Waals surface area contributed by atoms with E-state index < -0.39 is 6.10 Å². The quantitative estimate of drug-likeness (QED) is 0.930. The maximum Gasteiger partial charge on any atom is 0.127 e. The third kappa shape index (κ3) is 3.06. The Morgan fingerprint density at radius 2 is 2.35 bits per heavy atom. The molecule has 1 N–H and O–H groups in total. The molecule has 94 valence electrons. The monoisotopic (exact) mass is 302 g/mol. The van der Waals surface area contributed by atoms with Crippen LogP contribution < -0.4 is 0 Å². The van der Waals surface area contributed by atoms with E-state index in [4.69, 9.17) is 4.74 Å². The Morgan fingerprint density at radius 3 is 2.94 bits per heavy atom. The molecule has 1 heterocycles. The van der Waals surface area contributed by atoms with Crippen LogP contribution in [0.25, 0.3) is 0 Å². The van der Waals surface area contributed by atoms with Crippen LogP contribution >= 0.6 is 15.9 Å². The van der Waals surface area contributed by atoms with Gasteiger partial charge in [-0.2, -0.15) is 0 Å². The zero-order valence-electron chi connectivity index (χ0n) is 9.70. The Kier molecular flexibility index (Phi) is 4.17. The summed E-state index contributed by atoms with van der Waals surface area (Å²) in [4.78, 5) is 0. The molecule has 3 unspecified atom stereocenters. The van der Waals surface area contributed by atoms with Crippen molar-refractivity contribution >= 4 is 15.9 Å². The topological polar surface area (TPSA) is 29.5 Å². The van der Waals surface area contributed by atoms with Crippen molar-refractivity contribution in [3.05, 3.63) is 34.1 Å². The van der Waals surface area contributed by atoms with E-state index in [0.717, 1.165) is 6.42 Å². The average molecular weight is 303 g/mol. The second kappa shape index (κ2) is 5.46. The van der Waals surface area contributed by atoms with Gasteiger partial charge in [-0.1, -0.05) is 28.9 Å². The summed E-state index contributed by atoms with van der Waals surface area (Å²) >= 11 is 3.21. The highest BCUT2D eigenvalue weighted by Crippen LogP contribution is 2.25. The van der Waals surface area contributed by atoms with Gasteiger partial charge in [0, 0.05) is 17.5 Å². The van der Waals surface area contributed by atoms with Crippen molar-refractivity contribution in [3.63, 3.8) is 0 Å². The Hall–Kier alpha value is -0.450. The third-order valence-electron chi connectivity index (χ3n) is 3.27.